The van der Waals surface area contributed by atoms with E-state index in [0.717, 1.165) is 22.1 Å². The SMILES string of the molecule is Cc1c(Cl)cccc1C(NN)c1cccc(C2CCC2)c1. The highest BCUT2D eigenvalue weighted by molar-refractivity contribution is 6.31. The number of hydrogen-bond donors (Lipinski definition) is 2. The van der Waals surface area contributed by atoms with Gasteiger partial charge in [0.05, 0.1) is 6.04 Å². The van der Waals surface area contributed by atoms with Gasteiger partial charge >= 0.3 is 0 Å². The molecule has 0 aromatic heterocycles. The molecule has 1 aliphatic rings. The summed E-state index contributed by atoms with van der Waals surface area (Å²) in [5.41, 5.74) is 7.79. The molecule has 0 aliphatic heterocycles. The van der Waals surface area contributed by atoms with Crippen molar-refractivity contribution in [1.29, 1.82) is 0 Å². The Bertz CT molecular complexity index is 635. The largest absolute Gasteiger partial charge is 0.271 e. The normalized spacial score (nSPS) is 16.5. The Balaban J connectivity index is 1.97. The summed E-state index contributed by atoms with van der Waals surface area (Å²) in [5.74, 6) is 6.56. The second-order valence-corrected chi connectivity index (χ2v) is 6.26. The highest BCUT2D eigenvalue weighted by Crippen LogP contribution is 2.37. The van der Waals surface area contributed by atoms with E-state index in [9.17, 15) is 0 Å². The van der Waals surface area contributed by atoms with E-state index < -0.39 is 0 Å². The zero-order valence-corrected chi connectivity index (χ0v) is 13.0. The van der Waals surface area contributed by atoms with E-state index >= 15 is 0 Å². The summed E-state index contributed by atoms with van der Waals surface area (Å²) < 4.78 is 0. The molecule has 0 amide bonds. The highest BCUT2D eigenvalue weighted by Gasteiger charge is 2.21. The summed E-state index contributed by atoms with van der Waals surface area (Å²) in [5, 5.41) is 0.780. The fraction of sp³-hybridized carbons (Fsp3) is 0.333. The second kappa shape index (κ2) is 6.18. The lowest BCUT2D eigenvalue weighted by molar-refractivity contribution is 0.419. The van der Waals surface area contributed by atoms with Crippen molar-refractivity contribution in [2.45, 2.75) is 38.1 Å². The van der Waals surface area contributed by atoms with Gasteiger partial charge in [-0.2, -0.15) is 0 Å². The van der Waals surface area contributed by atoms with Crippen LogP contribution in [0.15, 0.2) is 42.5 Å². The summed E-state index contributed by atoms with van der Waals surface area (Å²) in [6.45, 7) is 2.04. The molecule has 0 radical (unpaired) electrons. The lowest BCUT2D eigenvalue weighted by Crippen LogP contribution is -2.29. The van der Waals surface area contributed by atoms with Gasteiger partial charge in [0.2, 0.25) is 0 Å². The minimum absolute atomic E-state index is 0.0243. The van der Waals surface area contributed by atoms with Crippen LogP contribution < -0.4 is 11.3 Å². The molecule has 0 heterocycles. The molecule has 2 aromatic carbocycles. The van der Waals surface area contributed by atoms with Crippen molar-refractivity contribution < 1.29 is 0 Å². The maximum absolute atomic E-state index is 6.25. The molecule has 21 heavy (non-hydrogen) atoms. The van der Waals surface area contributed by atoms with E-state index in [-0.39, 0.29) is 6.04 Å². The van der Waals surface area contributed by atoms with Crippen molar-refractivity contribution in [3.05, 3.63) is 69.7 Å². The van der Waals surface area contributed by atoms with Crippen LogP contribution in [-0.4, -0.2) is 0 Å². The molecular formula is C18H21ClN2. The first-order valence-corrected chi connectivity index (χ1v) is 7.89. The number of halogens is 1. The third kappa shape index (κ3) is 2.84. The molecule has 3 rings (SSSR count). The zero-order valence-electron chi connectivity index (χ0n) is 12.3. The van der Waals surface area contributed by atoms with Crippen LogP contribution in [0.5, 0.6) is 0 Å². The summed E-state index contributed by atoms with van der Waals surface area (Å²) in [6, 6.07) is 14.7. The van der Waals surface area contributed by atoms with Gasteiger partial charge in [0.1, 0.15) is 0 Å². The van der Waals surface area contributed by atoms with Crippen LogP contribution in [0.3, 0.4) is 0 Å². The summed E-state index contributed by atoms with van der Waals surface area (Å²) in [6.07, 6.45) is 3.96. The molecule has 2 nitrogen and oxygen atoms in total. The van der Waals surface area contributed by atoms with Crippen LogP contribution in [0.2, 0.25) is 5.02 Å². The summed E-state index contributed by atoms with van der Waals surface area (Å²) in [4.78, 5) is 0. The van der Waals surface area contributed by atoms with E-state index in [4.69, 9.17) is 17.4 Å². The fourth-order valence-electron chi connectivity index (χ4n) is 3.04. The molecule has 1 aliphatic carbocycles. The van der Waals surface area contributed by atoms with Crippen LogP contribution in [0.4, 0.5) is 0 Å². The topological polar surface area (TPSA) is 38.0 Å². The van der Waals surface area contributed by atoms with Gasteiger partial charge in [-0.25, -0.2) is 5.43 Å². The van der Waals surface area contributed by atoms with Crippen LogP contribution in [0, 0.1) is 6.92 Å². The van der Waals surface area contributed by atoms with Gasteiger partial charge in [-0.1, -0.05) is 54.4 Å². The third-order valence-electron chi connectivity index (χ3n) is 4.61. The molecule has 0 spiro atoms. The first-order valence-electron chi connectivity index (χ1n) is 7.51. The Kier molecular flexibility index (Phi) is 4.29. The average Bonchev–Trinajstić information content (AvgIpc) is 2.43. The van der Waals surface area contributed by atoms with Crippen LogP contribution >= 0.6 is 11.6 Å². The molecule has 1 fully saturated rings. The first kappa shape index (κ1) is 14.6. The average molecular weight is 301 g/mol. The molecular weight excluding hydrogens is 280 g/mol. The first-order chi connectivity index (χ1) is 10.2. The van der Waals surface area contributed by atoms with Crippen LogP contribution in [0.25, 0.3) is 0 Å². The Hall–Kier alpha value is -1.35. The van der Waals surface area contributed by atoms with Crippen molar-refractivity contribution in [2.24, 2.45) is 5.84 Å². The van der Waals surface area contributed by atoms with Gasteiger partial charge in [-0.15, -0.1) is 0 Å². The van der Waals surface area contributed by atoms with E-state index in [1.807, 2.05) is 19.1 Å². The molecule has 3 heteroatoms. The standard InChI is InChI=1S/C18H21ClN2/c1-12-16(9-4-10-17(12)19)18(21-20)15-8-3-7-14(11-15)13-5-2-6-13/h3-4,7-11,13,18,21H,2,5-6,20H2,1H3. The molecule has 1 atom stereocenters. The van der Waals surface area contributed by atoms with E-state index in [1.165, 1.54) is 30.4 Å². The highest BCUT2D eigenvalue weighted by atomic mass is 35.5. The van der Waals surface area contributed by atoms with Crippen molar-refractivity contribution in [3.8, 4) is 0 Å². The Labute approximate surface area is 131 Å². The number of nitrogens with one attached hydrogen (secondary N) is 1. The van der Waals surface area contributed by atoms with Gasteiger partial charge in [-0.3, -0.25) is 5.84 Å². The predicted octanol–water partition coefficient (Wildman–Crippen LogP) is 4.47. The Morgan fingerprint density at radius 3 is 2.62 bits per heavy atom. The lowest BCUT2D eigenvalue weighted by Gasteiger charge is -2.27. The smallest absolute Gasteiger partial charge is 0.0713 e. The van der Waals surface area contributed by atoms with E-state index in [2.05, 4.69) is 35.8 Å². The molecule has 0 saturated heterocycles. The van der Waals surface area contributed by atoms with Gasteiger partial charge in [0.15, 0.2) is 0 Å². The summed E-state index contributed by atoms with van der Waals surface area (Å²) in [7, 11) is 0. The number of benzene rings is 2. The van der Waals surface area contributed by atoms with Crippen molar-refractivity contribution >= 4 is 11.6 Å². The summed E-state index contributed by atoms with van der Waals surface area (Å²) >= 11 is 6.25. The molecule has 110 valence electrons. The quantitative estimate of drug-likeness (QED) is 0.646. The maximum atomic E-state index is 6.25. The van der Waals surface area contributed by atoms with Crippen LogP contribution in [-0.2, 0) is 0 Å². The van der Waals surface area contributed by atoms with E-state index in [0.29, 0.717) is 0 Å². The minimum Gasteiger partial charge on any atom is -0.271 e. The number of nitrogens with two attached hydrogens (primary N) is 1. The van der Waals surface area contributed by atoms with Crippen molar-refractivity contribution in [2.75, 3.05) is 0 Å². The van der Waals surface area contributed by atoms with Crippen LogP contribution in [0.1, 0.15) is 53.5 Å². The molecule has 1 saturated carbocycles. The van der Waals surface area contributed by atoms with E-state index in [1.54, 1.807) is 0 Å². The zero-order chi connectivity index (χ0) is 14.8. The maximum Gasteiger partial charge on any atom is 0.0713 e. The predicted molar refractivity (Wildman–Crippen MR) is 88.4 cm³/mol. The second-order valence-electron chi connectivity index (χ2n) is 5.85. The third-order valence-corrected chi connectivity index (χ3v) is 5.02. The molecule has 3 N–H and O–H groups in total. The molecule has 1 unspecified atom stereocenters. The van der Waals surface area contributed by atoms with Gasteiger partial charge in [0, 0.05) is 5.02 Å². The van der Waals surface area contributed by atoms with Gasteiger partial charge in [0.25, 0.3) is 0 Å². The number of rotatable bonds is 4. The molecule has 0 bridgehead atoms. The lowest BCUT2D eigenvalue weighted by atomic mass is 9.79. The fourth-order valence-corrected chi connectivity index (χ4v) is 3.22. The van der Waals surface area contributed by atoms with Crippen molar-refractivity contribution in [1.82, 2.24) is 5.43 Å². The molecule has 2 aromatic rings. The minimum atomic E-state index is -0.0243. The van der Waals surface area contributed by atoms with Crippen molar-refractivity contribution in [3.63, 3.8) is 0 Å². The Morgan fingerprint density at radius 2 is 1.95 bits per heavy atom. The Morgan fingerprint density at radius 1 is 1.19 bits per heavy atom. The number of hydrogen-bond acceptors (Lipinski definition) is 2. The number of hydrazine groups is 1. The monoisotopic (exact) mass is 300 g/mol. The van der Waals surface area contributed by atoms with Gasteiger partial charge < -0.3 is 0 Å². The van der Waals surface area contributed by atoms with Gasteiger partial charge in [-0.05, 0) is 54.0 Å².